The molecule has 2 aliphatic rings. The molecule has 0 aliphatic carbocycles. The summed E-state index contributed by atoms with van der Waals surface area (Å²) in [6.07, 6.45) is 2.50. The molecule has 2 atom stereocenters. The van der Waals surface area contributed by atoms with Crippen LogP contribution in [0.25, 0.3) is 0 Å². The molecule has 23 heavy (non-hydrogen) atoms. The van der Waals surface area contributed by atoms with E-state index >= 15 is 0 Å². The van der Waals surface area contributed by atoms with Crippen molar-refractivity contribution >= 4 is 17.5 Å². The van der Waals surface area contributed by atoms with Crippen LogP contribution in [0.15, 0.2) is 24.4 Å². The lowest BCUT2D eigenvalue weighted by Crippen LogP contribution is -2.49. The second kappa shape index (κ2) is 5.50. The second-order valence-electron chi connectivity index (χ2n) is 5.79. The van der Waals surface area contributed by atoms with Gasteiger partial charge in [-0.2, -0.15) is 0 Å². The SMILES string of the molecule is O=C(c1ccc(O)c(Cl)c1)N1CC[C@@H]2OCc3cnnn3[C@@H]2C1. The number of fused-ring (bicyclic) bond motifs is 3. The molecule has 0 unspecified atom stereocenters. The fourth-order valence-corrected chi connectivity index (χ4v) is 3.37. The van der Waals surface area contributed by atoms with Gasteiger partial charge >= 0.3 is 0 Å². The number of phenols is 1. The lowest BCUT2D eigenvalue weighted by atomic mass is 9.99. The smallest absolute Gasteiger partial charge is 0.253 e. The van der Waals surface area contributed by atoms with Crippen LogP contribution in [0.5, 0.6) is 5.75 Å². The maximum atomic E-state index is 12.7. The Kier molecular flexibility index (Phi) is 3.46. The molecular weight excluding hydrogens is 320 g/mol. The number of amides is 1. The van der Waals surface area contributed by atoms with Gasteiger partial charge in [0.1, 0.15) is 5.75 Å². The zero-order valence-electron chi connectivity index (χ0n) is 12.2. The molecule has 1 fully saturated rings. The lowest BCUT2D eigenvalue weighted by Gasteiger charge is -2.41. The number of rotatable bonds is 1. The van der Waals surface area contributed by atoms with Crippen molar-refractivity contribution in [2.45, 2.75) is 25.2 Å². The first-order valence-corrected chi connectivity index (χ1v) is 7.80. The van der Waals surface area contributed by atoms with Gasteiger partial charge in [0.15, 0.2) is 0 Å². The van der Waals surface area contributed by atoms with Crippen molar-refractivity contribution < 1.29 is 14.6 Å². The van der Waals surface area contributed by atoms with E-state index < -0.39 is 0 Å². The molecule has 2 aliphatic heterocycles. The summed E-state index contributed by atoms with van der Waals surface area (Å²) in [5.41, 5.74) is 1.38. The quantitative estimate of drug-likeness (QED) is 0.857. The highest BCUT2D eigenvalue weighted by molar-refractivity contribution is 6.32. The highest BCUT2D eigenvalue weighted by atomic mass is 35.5. The van der Waals surface area contributed by atoms with Crippen molar-refractivity contribution in [2.75, 3.05) is 13.1 Å². The number of benzene rings is 1. The van der Waals surface area contributed by atoms with Gasteiger partial charge in [-0.3, -0.25) is 4.79 Å². The van der Waals surface area contributed by atoms with E-state index in [0.29, 0.717) is 25.3 Å². The Balaban J connectivity index is 1.57. The van der Waals surface area contributed by atoms with Crippen LogP contribution in [0.2, 0.25) is 5.02 Å². The van der Waals surface area contributed by atoms with E-state index in [4.69, 9.17) is 16.3 Å². The molecule has 0 saturated carbocycles. The molecule has 120 valence electrons. The standard InChI is InChI=1S/C15H15ClN4O3/c16-11-5-9(1-2-13(11)21)15(22)19-4-3-14-12(7-19)20-10(8-23-14)6-17-18-20/h1-2,5-6,12,14,21H,3-4,7-8H2/t12-,14+/m1/s1. The molecule has 0 radical (unpaired) electrons. The molecule has 2 aromatic rings. The van der Waals surface area contributed by atoms with E-state index in [-0.39, 0.29) is 28.8 Å². The Labute approximate surface area is 137 Å². The molecule has 4 rings (SSSR count). The Morgan fingerprint density at radius 2 is 2.30 bits per heavy atom. The average molecular weight is 335 g/mol. The largest absolute Gasteiger partial charge is 0.506 e. The van der Waals surface area contributed by atoms with Crippen LogP contribution in [-0.4, -0.2) is 50.1 Å². The van der Waals surface area contributed by atoms with E-state index in [1.165, 1.54) is 12.1 Å². The monoisotopic (exact) mass is 334 g/mol. The predicted octanol–water partition coefficient (Wildman–Crippen LogP) is 1.62. The van der Waals surface area contributed by atoms with Crippen LogP contribution in [0.1, 0.15) is 28.5 Å². The summed E-state index contributed by atoms with van der Waals surface area (Å²) in [7, 11) is 0. The number of hydrogen-bond acceptors (Lipinski definition) is 5. The number of carbonyl (C=O) groups is 1. The summed E-state index contributed by atoms with van der Waals surface area (Å²) in [6, 6.07) is 4.48. The fourth-order valence-electron chi connectivity index (χ4n) is 3.19. The van der Waals surface area contributed by atoms with Crippen molar-refractivity contribution in [2.24, 2.45) is 0 Å². The first-order valence-electron chi connectivity index (χ1n) is 7.42. The van der Waals surface area contributed by atoms with Gasteiger partial charge in [-0.05, 0) is 24.6 Å². The van der Waals surface area contributed by atoms with Gasteiger partial charge < -0.3 is 14.7 Å². The molecule has 8 heteroatoms. The van der Waals surface area contributed by atoms with Crippen LogP contribution in [0.4, 0.5) is 0 Å². The molecule has 1 N–H and O–H groups in total. The molecule has 1 aromatic carbocycles. The van der Waals surface area contributed by atoms with Gasteiger partial charge in [0.25, 0.3) is 5.91 Å². The van der Waals surface area contributed by atoms with Crippen molar-refractivity contribution in [1.29, 1.82) is 0 Å². The van der Waals surface area contributed by atoms with Crippen LogP contribution in [-0.2, 0) is 11.3 Å². The number of ether oxygens (including phenoxy) is 1. The molecule has 7 nitrogen and oxygen atoms in total. The molecule has 1 saturated heterocycles. The van der Waals surface area contributed by atoms with Crippen LogP contribution < -0.4 is 0 Å². The van der Waals surface area contributed by atoms with E-state index in [1.807, 2.05) is 4.68 Å². The maximum Gasteiger partial charge on any atom is 0.253 e. The van der Waals surface area contributed by atoms with Gasteiger partial charge in [0.2, 0.25) is 0 Å². The Morgan fingerprint density at radius 3 is 3.13 bits per heavy atom. The number of carbonyl (C=O) groups excluding carboxylic acids is 1. The molecule has 3 heterocycles. The highest BCUT2D eigenvalue weighted by Crippen LogP contribution is 2.31. The minimum absolute atomic E-state index is 0.0217. The van der Waals surface area contributed by atoms with Crippen molar-refractivity contribution in [1.82, 2.24) is 19.9 Å². The third kappa shape index (κ3) is 2.46. The van der Waals surface area contributed by atoms with E-state index in [0.717, 1.165) is 12.1 Å². The number of halogens is 1. The number of piperidine rings is 1. The summed E-state index contributed by atoms with van der Waals surface area (Å²) >= 11 is 5.90. The summed E-state index contributed by atoms with van der Waals surface area (Å²) in [6.45, 7) is 1.64. The van der Waals surface area contributed by atoms with Gasteiger partial charge in [-0.1, -0.05) is 16.8 Å². The summed E-state index contributed by atoms with van der Waals surface area (Å²) < 4.78 is 7.70. The maximum absolute atomic E-state index is 12.7. The highest BCUT2D eigenvalue weighted by Gasteiger charge is 2.38. The third-order valence-electron chi connectivity index (χ3n) is 4.41. The molecular formula is C15H15ClN4O3. The van der Waals surface area contributed by atoms with Crippen LogP contribution >= 0.6 is 11.6 Å². The Bertz CT molecular complexity index is 763. The van der Waals surface area contributed by atoms with E-state index in [2.05, 4.69) is 10.3 Å². The minimum atomic E-state index is -0.113. The first kappa shape index (κ1) is 14.5. The topological polar surface area (TPSA) is 80.5 Å². The Hall–Kier alpha value is -2.12. The number of aromatic nitrogens is 3. The second-order valence-corrected chi connectivity index (χ2v) is 6.20. The number of hydrogen-bond donors (Lipinski definition) is 1. The fraction of sp³-hybridized carbons (Fsp3) is 0.400. The molecule has 0 spiro atoms. The summed E-state index contributed by atoms with van der Waals surface area (Å²) in [5.74, 6) is -0.146. The predicted molar refractivity (Wildman–Crippen MR) is 81.3 cm³/mol. The molecule has 0 bridgehead atoms. The molecule has 1 aromatic heterocycles. The minimum Gasteiger partial charge on any atom is -0.506 e. The van der Waals surface area contributed by atoms with Gasteiger partial charge in [0, 0.05) is 18.7 Å². The molecule has 1 amide bonds. The number of likely N-dealkylation sites (tertiary alicyclic amines) is 1. The van der Waals surface area contributed by atoms with E-state index in [9.17, 15) is 9.90 Å². The number of aromatic hydroxyl groups is 1. The van der Waals surface area contributed by atoms with Crippen LogP contribution in [0, 0.1) is 0 Å². The number of phenolic OH excluding ortho intramolecular Hbond substituents is 1. The van der Waals surface area contributed by atoms with Crippen LogP contribution in [0.3, 0.4) is 0 Å². The Morgan fingerprint density at radius 1 is 1.43 bits per heavy atom. The van der Waals surface area contributed by atoms with Gasteiger partial charge in [-0.25, -0.2) is 4.68 Å². The van der Waals surface area contributed by atoms with Gasteiger partial charge in [-0.15, -0.1) is 5.10 Å². The summed E-state index contributed by atoms with van der Waals surface area (Å²) in [4.78, 5) is 14.5. The third-order valence-corrected chi connectivity index (χ3v) is 4.71. The number of nitrogens with zero attached hydrogens (tertiary/aromatic N) is 4. The summed E-state index contributed by atoms with van der Waals surface area (Å²) in [5, 5.41) is 17.7. The van der Waals surface area contributed by atoms with Gasteiger partial charge in [0.05, 0.1) is 35.7 Å². The normalized spacial score (nSPS) is 23.3. The van der Waals surface area contributed by atoms with Crippen molar-refractivity contribution in [3.63, 3.8) is 0 Å². The first-order chi connectivity index (χ1) is 11.1. The zero-order valence-corrected chi connectivity index (χ0v) is 13.0. The average Bonchev–Trinajstić information content (AvgIpc) is 3.05. The van der Waals surface area contributed by atoms with Crippen molar-refractivity contribution in [3.8, 4) is 5.75 Å². The van der Waals surface area contributed by atoms with Crippen molar-refractivity contribution in [3.05, 3.63) is 40.7 Å². The van der Waals surface area contributed by atoms with E-state index in [1.54, 1.807) is 17.2 Å². The zero-order chi connectivity index (χ0) is 16.0. The lowest BCUT2D eigenvalue weighted by molar-refractivity contribution is -0.0605.